The summed E-state index contributed by atoms with van der Waals surface area (Å²) in [5, 5.41) is 0. The standard InChI is InChI=1S/C15H23N3/c1-13-5-4-6-14(16-13)11-17-10-7-15(12-17)18-8-2-3-9-18/h4-6,15H,2-3,7-12H2,1H3/t15-/m1/s1. The van der Waals surface area contributed by atoms with Crippen LogP contribution in [0.15, 0.2) is 18.2 Å². The van der Waals surface area contributed by atoms with Crippen LogP contribution in [0.3, 0.4) is 0 Å². The van der Waals surface area contributed by atoms with E-state index >= 15 is 0 Å². The fourth-order valence-corrected chi connectivity index (χ4v) is 3.28. The van der Waals surface area contributed by atoms with Crippen LogP contribution in [0.1, 0.15) is 30.7 Å². The molecule has 0 saturated carbocycles. The number of likely N-dealkylation sites (tertiary alicyclic amines) is 2. The second-order valence-corrected chi connectivity index (χ2v) is 5.69. The number of aryl methyl sites for hydroxylation is 1. The van der Waals surface area contributed by atoms with Gasteiger partial charge in [0, 0.05) is 31.4 Å². The third-order valence-electron chi connectivity index (χ3n) is 4.24. The molecule has 3 rings (SSSR count). The lowest BCUT2D eigenvalue weighted by Crippen LogP contribution is -2.35. The molecule has 3 heteroatoms. The van der Waals surface area contributed by atoms with Crippen LogP contribution in [-0.4, -0.2) is 47.0 Å². The van der Waals surface area contributed by atoms with Crippen molar-refractivity contribution in [2.75, 3.05) is 26.2 Å². The predicted octanol–water partition coefficient (Wildman–Crippen LogP) is 2.06. The van der Waals surface area contributed by atoms with Gasteiger partial charge in [-0.15, -0.1) is 0 Å². The second kappa shape index (κ2) is 5.37. The topological polar surface area (TPSA) is 19.4 Å². The highest BCUT2D eigenvalue weighted by Gasteiger charge is 2.29. The molecule has 3 nitrogen and oxygen atoms in total. The lowest BCUT2D eigenvalue weighted by molar-refractivity contribution is 0.229. The Morgan fingerprint density at radius 2 is 2.06 bits per heavy atom. The Kier molecular flexibility index (Phi) is 3.62. The van der Waals surface area contributed by atoms with Gasteiger partial charge in [-0.2, -0.15) is 0 Å². The zero-order chi connectivity index (χ0) is 12.4. The quantitative estimate of drug-likeness (QED) is 0.812. The number of nitrogens with zero attached hydrogens (tertiary/aromatic N) is 3. The summed E-state index contributed by atoms with van der Waals surface area (Å²) in [6, 6.07) is 7.14. The molecular formula is C15H23N3. The minimum atomic E-state index is 0.803. The first-order chi connectivity index (χ1) is 8.81. The van der Waals surface area contributed by atoms with Crippen LogP contribution < -0.4 is 0 Å². The fourth-order valence-electron chi connectivity index (χ4n) is 3.28. The molecule has 0 amide bonds. The molecule has 0 N–H and O–H groups in total. The van der Waals surface area contributed by atoms with Gasteiger partial charge in [0.05, 0.1) is 5.69 Å². The van der Waals surface area contributed by atoms with Crippen molar-refractivity contribution >= 4 is 0 Å². The molecule has 1 atom stereocenters. The van der Waals surface area contributed by atoms with Crippen LogP contribution in [0.2, 0.25) is 0 Å². The molecule has 0 unspecified atom stereocenters. The molecule has 0 radical (unpaired) electrons. The number of aromatic nitrogens is 1. The highest BCUT2D eigenvalue weighted by atomic mass is 15.3. The highest BCUT2D eigenvalue weighted by Crippen LogP contribution is 2.21. The Bertz CT molecular complexity index is 398. The van der Waals surface area contributed by atoms with E-state index in [1.165, 1.54) is 51.1 Å². The van der Waals surface area contributed by atoms with Gasteiger partial charge in [-0.25, -0.2) is 0 Å². The van der Waals surface area contributed by atoms with E-state index in [1.54, 1.807) is 0 Å². The molecule has 1 aromatic rings. The molecule has 3 heterocycles. The SMILES string of the molecule is Cc1cccc(CN2CC[C@@H](N3CCCC3)C2)n1. The Morgan fingerprint density at radius 1 is 1.22 bits per heavy atom. The Balaban J connectivity index is 1.55. The van der Waals surface area contributed by atoms with E-state index in [2.05, 4.69) is 39.9 Å². The molecule has 0 bridgehead atoms. The van der Waals surface area contributed by atoms with Gasteiger partial charge in [0.25, 0.3) is 0 Å². The summed E-state index contributed by atoms with van der Waals surface area (Å²) >= 11 is 0. The van der Waals surface area contributed by atoms with Crippen molar-refractivity contribution in [3.8, 4) is 0 Å². The summed E-state index contributed by atoms with van der Waals surface area (Å²) < 4.78 is 0. The van der Waals surface area contributed by atoms with E-state index < -0.39 is 0 Å². The summed E-state index contributed by atoms with van der Waals surface area (Å²) in [5.41, 5.74) is 2.35. The second-order valence-electron chi connectivity index (χ2n) is 5.69. The van der Waals surface area contributed by atoms with E-state index in [9.17, 15) is 0 Å². The van der Waals surface area contributed by atoms with Crippen molar-refractivity contribution in [3.05, 3.63) is 29.6 Å². The van der Waals surface area contributed by atoms with Crippen molar-refractivity contribution in [1.29, 1.82) is 0 Å². The minimum Gasteiger partial charge on any atom is -0.299 e. The lowest BCUT2D eigenvalue weighted by Gasteiger charge is -2.23. The lowest BCUT2D eigenvalue weighted by atomic mass is 10.2. The Hall–Kier alpha value is -0.930. The molecule has 0 aromatic carbocycles. The summed E-state index contributed by atoms with van der Waals surface area (Å²) in [6.07, 6.45) is 4.14. The van der Waals surface area contributed by atoms with E-state index in [1.807, 2.05) is 0 Å². The van der Waals surface area contributed by atoms with Crippen LogP contribution >= 0.6 is 0 Å². The Morgan fingerprint density at radius 3 is 2.83 bits per heavy atom. The van der Waals surface area contributed by atoms with Gasteiger partial charge >= 0.3 is 0 Å². The largest absolute Gasteiger partial charge is 0.299 e. The Labute approximate surface area is 110 Å². The van der Waals surface area contributed by atoms with Gasteiger partial charge < -0.3 is 0 Å². The molecule has 0 aliphatic carbocycles. The molecule has 2 aliphatic rings. The normalized spacial score (nSPS) is 25.9. The fraction of sp³-hybridized carbons (Fsp3) is 0.667. The van der Waals surface area contributed by atoms with Crippen molar-refractivity contribution in [2.24, 2.45) is 0 Å². The minimum absolute atomic E-state index is 0.803. The van der Waals surface area contributed by atoms with Crippen molar-refractivity contribution in [2.45, 2.75) is 38.8 Å². The van der Waals surface area contributed by atoms with E-state index in [-0.39, 0.29) is 0 Å². The molecule has 98 valence electrons. The first-order valence-corrected chi connectivity index (χ1v) is 7.20. The van der Waals surface area contributed by atoms with Crippen molar-refractivity contribution in [3.63, 3.8) is 0 Å². The van der Waals surface area contributed by atoms with Gasteiger partial charge in [0.1, 0.15) is 0 Å². The number of hydrogen-bond donors (Lipinski definition) is 0. The summed E-state index contributed by atoms with van der Waals surface area (Å²) in [6.45, 7) is 8.20. The number of rotatable bonds is 3. The zero-order valence-corrected chi connectivity index (χ0v) is 11.3. The molecule has 1 aromatic heterocycles. The molecule has 2 aliphatic heterocycles. The summed E-state index contributed by atoms with van der Waals surface area (Å²) in [4.78, 5) is 9.85. The first-order valence-electron chi connectivity index (χ1n) is 7.20. The molecular weight excluding hydrogens is 222 g/mol. The molecule has 18 heavy (non-hydrogen) atoms. The van der Waals surface area contributed by atoms with E-state index in [0.717, 1.165) is 18.3 Å². The first kappa shape index (κ1) is 12.1. The molecule has 0 spiro atoms. The van der Waals surface area contributed by atoms with E-state index in [0.29, 0.717) is 0 Å². The predicted molar refractivity (Wildman–Crippen MR) is 73.5 cm³/mol. The zero-order valence-electron chi connectivity index (χ0n) is 11.3. The number of pyridine rings is 1. The monoisotopic (exact) mass is 245 g/mol. The van der Waals surface area contributed by atoms with Gasteiger partial charge in [-0.05, 0) is 51.4 Å². The average molecular weight is 245 g/mol. The third kappa shape index (κ3) is 2.73. The average Bonchev–Trinajstić information content (AvgIpc) is 2.98. The van der Waals surface area contributed by atoms with Crippen LogP contribution in [-0.2, 0) is 6.54 Å². The summed E-state index contributed by atoms with van der Waals surface area (Å²) in [7, 11) is 0. The van der Waals surface area contributed by atoms with Crippen LogP contribution in [0, 0.1) is 6.92 Å². The van der Waals surface area contributed by atoms with E-state index in [4.69, 9.17) is 0 Å². The maximum absolute atomic E-state index is 4.60. The van der Waals surface area contributed by atoms with Gasteiger partial charge in [-0.1, -0.05) is 6.07 Å². The summed E-state index contributed by atoms with van der Waals surface area (Å²) in [5.74, 6) is 0. The maximum Gasteiger partial charge on any atom is 0.0547 e. The van der Waals surface area contributed by atoms with Gasteiger partial charge in [0.15, 0.2) is 0 Å². The van der Waals surface area contributed by atoms with Crippen LogP contribution in [0.4, 0.5) is 0 Å². The van der Waals surface area contributed by atoms with Crippen molar-refractivity contribution in [1.82, 2.24) is 14.8 Å². The van der Waals surface area contributed by atoms with Gasteiger partial charge in [0.2, 0.25) is 0 Å². The number of hydrogen-bond acceptors (Lipinski definition) is 3. The maximum atomic E-state index is 4.60. The molecule has 2 saturated heterocycles. The van der Waals surface area contributed by atoms with Gasteiger partial charge in [-0.3, -0.25) is 14.8 Å². The van der Waals surface area contributed by atoms with Crippen molar-refractivity contribution < 1.29 is 0 Å². The van der Waals surface area contributed by atoms with Crippen LogP contribution in [0.5, 0.6) is 0 Å². The third-order valence-corrected chi connectivity index (χ3v) is 4.24. The highest BCUT2D eigenvalue weighted by molar-refractivity contribution is 5.10. The smallest absolute Gasteiger partial charge is 0.0547 e. The molecule has 2 fully saturated rings. The van der Waals surface area contributed by atoms with Crippen LogP contribution in [0.25, 0.3) is 0 Å².